The highest BCUT2D eigenvalue weighted by atomic mass is 16.3. The molecular formula is C34H53N5O5. The Morgan fingerprint density at radius 1 is 1.07 bits per heavy atom. The highest BCUT2D eigenvalue weighted by Crippen LogP contribution is 2.68. The van der Waals surface area contributed by atoms with E-state index >= 15 is 0 Å². The Morgan fingerprint density at radius 3 is 2.52 bits per heavy atom. The number of amides is 2. The molecule has 0 radical (unpaired) electrons. The third-order valence-corrected chi connectivity index (χ3v) is 12.2. The van der Waals surface area contributed by atoms with Gasteiger partial charge in [0.1, 0.15) is 6.17 Å². The van der Waals surface area contributed by atoms with Gasteiger partial charge < -0.3 is 26.0 Å². The Morgan fingerprint density at radius 2 is 1.80 bits per heavy atom. The minimum atomic E-state index is -0.774. The van der Waals surface area contributed by atoms with Crippen molar-refractivity contribution in [2.45, 2.75) is 122 Å². The zero-order valence-electron chi connectivity index (χ0n) is 26.7. The van der Waals surface area contributed by atoms with Crippen LogP contribution >= 0.6 is 0 Å². The Balaban J connectivity index is 1.30. The predicted octanol–water partition coefficient (Wildman–Crippen LogP) is 4.59. The van der Waals surface area contributed by atoms with Gasteiger partial charge in [0, 0.05) is 24.3 Å². The number of hydrogen-bond donors (Lipinski definition) is 5. The van der Waals surface area contributed by atoms with Gasteiger partial charge >= 0.3 is 0 Å². The van der Waals surface area contributed by atoms with Gasteiger partial charge in [0.05, 0.1) is 18.3 Å². The molecule has 0 aromatic carbocycles. The zero-order valence-corrected chi connectivity index (χ0v) is 26.7. The molecule has 0 bridgehead atoms. The fourth-order valence-corrected chi connectivity index (χ4v) is 10.1. The summed E-state index contributed by atoms with van der Waals surface area (Å²) in [7, 11) is 0. The lowest BCUT2D eigenvalue weighted by atomic mass is 9.43. The van der Waals surface area contributed by atoms with Crippen LogP contribution in [0, 0.1) is 58.7 Å². The molecule has 3 unspecified atom stereocenters. The van der Waals surface area contributed by atoms with Crippen LogP contribution in [0.25, 0.3) is 10.4 Å². The van der Waals surface area contributed by atoms with Crippen LogP contribution in [-0.2, 0) is 9.59 Å². The molecule has 0 aromatic rings. The summed E-state index contributed by atoms with van der Waals surface area (Å²) in [5, 5.41) is 42.0. The van der Waals surface area contributed by atoms with Crippen molar-refractivity contribution < 1.29 is 24.9 Å². The second-order valence-corrected chi connectivity index (χ2v) is 14.6. The molecule has 0 heterocycles. The van der Waals surface area contributed by atoms with Gasteiger partial charge in [-0.25, -0.2) is 0 Å². The molecule has 10 nitrogen and oxygen atoms in total. The predicted molar refractivity (Wildman–Crippen MR) is 168 cm³/mol. The van der Waals surface area contributed by atoms with Crippen molar-refractivity contribution in [2.24, 2.45) is 51.5 Å². The Bertz CT molecular complexity index is 1150. The van der Waals surface area contributed by atoms with E-state index < -0.39 is 18.4 Å². The van der Waals surface area contributed by atoms with Crippen molar-refractivity contribution in [1.82, 2.24) is 10.6 Å². The molecule has 4 fully saturated rings. The Hall–Kier alpha value is -2.57. The van der Waals surface area contributed by atoms with Crippen LogP contribution in [0.5, 0.6) is 0 Å². The van der Waals surface area contributed by atoms with Crippen molar-refractivity contribution in [3.8, 4) is 12.3 Å². The second kappa shape index (κ2) is 14.7. The van der Waals surface area contributed by atoms with Gasteiger partial charge in [-0.1, -0.05) is 32.0 Å². The number of terminal acetylenes is 1. The van der Waals surface area contributed by atoms with E-state index in [9.17, 15) is 24.9 Å². The molecule has 4 saturated carbocycles. The summed E-state index contributed by atoms with van der Waals surface area (Å²) in [6.45, 7) is 7.27. The van der Waals surface area contributed by atoms with Crippen LogP contribution in [0.15, 0.2) is 17.3 Å². The lowest BCUT2D eigenvalue weighted by molar-refractivity contribution is -0.223. The molecule has 0 saturated heterocycles. The van der Waals surface area contributed by atoms with E-state index in [0.717, 1.165) is 51.4 Å². The number of nitrogens with one attached hydrogen (secondary N) is 2. The normalized spacial score (nSPS) is 39.1. The van der Waals surface area contributed by atoms with Crippen LogP contribution < -0.4 is 10.6 Å². The van der Waals surface area contributed by atoms with Gasteiger partial charge in [-0.3, -0.25) is 9.59 Å². The van der Waals surface area contributed by atoms with Gasteiger partial charge in [0.2, 0.25) is 11.8 Å². The number of allylic oxidation sites excluding steroid dienone is 1. The molecule has 244 valence electrons. The summed E-state index contributed by atoms with van der Waals surface area (Å²) in [6.07, 6.45) is 15.4. The van der Waals surface area contributed by atoms with Gasteiger partial charge in [-0.2, -0.15) is 0 Å². The van der Waals surface area contributed by atoms with Gasteiger partial charge in [-0.15, -0.1) is 12.3 Å². The monoisotopic (exact) mass is 611 g/mol. The van der Waals surface area contributed by atoms with Gasteiger partial charge in [0.25, 0.3) is 0 Å². The van der Waals surface area contributed by atoms with E-state index in [1.54, 1.807) is 0 Å². The van der Waals surface area contributed by atoms with Gasteiger partial charge in [0.15, 0.2) is 0 Å². The fourth-order valence-electron chi connectivity index (χ4n) is 10.1. The maximum absolute atomic E-state index is 12.6. The summed E-state index contributed by atoms with van der Waals surface area (Å²) in [4.78, 5) is 27.4. The molecular weight excluding hydrogens is 558 g/mol. The van der Waals surface area contributed by atoms with Crippen molar-refractivity contribution in [3.63, 3.8) is 0 Å². The number of rotatable bonds is 12. The molecule has 12 atom stereocenters. The highest BCUT2D eigenvalue weighted by molar-refractivity contribution is 5.88. The molecule has 10 heteroatoms. The number of azide groups is 1. The standard InChI is InChI=1S/C34H53N5O5/c1-5-9-27(38-29(42)12-8-19-36-39-35)37-28(41)11-7-6-10-21(2)23-13-14-24-30-25(16-18-33(23,24)3)34(4)17-15-22(40)20-26(34)31(43)32(30)44/h1,7,11,21-27,30-32,40,43-44H,6,8-10,12-20H2,2-4H3,(H,37,41)(H,38,42)/t21-,22-,23-,24+,25+,26+,27?,30+,31?,32?,33-,34-/m1/s1. The van der Waals surface area contributed by atoms with E-state index in [1.165, 1.54) is 6.08 Å². The first-order valence-corrected chi connectivity index (χ1v) is 16.7. The van der Waals surface area contributed by atoms with Crippen molar-refractivity contribution in [1.29, 1.82) is 0 Å². The minimum Gasteiger partial charge on any atom is -0.393 e. The van der Waals surface area contributed by atoms with E-state index in [2.05, 4.69) is 47.4 Å². The van der Waals surface area contributed by atoms with Crippen molar-refractivity contribution in [3.05, 3.63) is 22.6 Å². The van der Waals surface area contributed by atoms with Crippen LogP contribution in [0.1, 0.15) is 97.8 Å². The largest absolute Gasteiger partial charge is 0.393 e. The number of carbonyl (C=O) groups is 2. The lowest BCUT2D eigenvalue weighted by Crippen LogP contribution is -2.64. The first-order chi connectivity index (χ1) is 21.0. The first kappa shape index (κ1) is 34.3. The molecule has 2 amide bonds. The van der Waals surface area contributed by atoms with E-state index in [0.29, 0.717) is 36.5 Å². The highest BCUT2D eigenvalue weighted by Gasteiger charge is 2.65. The number of aliphatic hydroxyl groups is 3. The molecule has 0 aliphatic heterocycles. The van der Waals surface area contributed by atoms with E-state index in [-0.39, 0.29) is 60.0 Å². The number of nitrogens with zero attached hydrogens (tertiary/aromatic N) is 3. The molecule has 4 aliphatic carbocycles. The maximum Gasteiger partial charge on any atom is 0.245 e. The minimum absolute atomic E-state index is 0.0337. The fraction of sp³-hybridized carbons (Fsp3) is 0.824. The smallest absolute Gasteiger partial charge is 0.245 e. The number of hydrogen-bond acceptors (Lipinski definition) is 6. The molecule has 4 rings (SSSR count). The van der Waals surface area contributed by atoms with Crippen LogP contribution in [0.4, 0.5) is 0 Å². The lowest BCUT2D eigenvalue weighted by Gasteiger charge is -2.63. The molecule has 5 N–H and O–H groups in total. The summed E-state index contributed by atoms with van der Waals surface area (Å²) in [5.74, 6) is 3.69. The van der Waals surface area contributed by atoms with E-state index in [1.807, 2.05) is 6.08 Å². The van der Waals surface area contributed by atoms with Crippen molar-refractivity contribution in [2.75, 3.05) is 6.54 Å². The molecule has 4 aliphatic rings. The first-order valence-electron chi connectivity index (χ1n) is 16.7. The number of carbonyl (C=O) groups excluding carboxylic acids is 2. The second-order valence-electron chi connectivity index (χ2n) is 14.6. The van der Waals surface area contributed by atoms with Crippen LogP contribution in [-0.4, -0.2) is 58.2 Å². The van der Waals surface area contributed by atoms with Gasteiger partial charge in [-0.05, 0) is 122 Å². The average molecular weight is 612 g/mol. The maximum atomic E-state index is 12.6. The summed E-state index contributed by atoms with van der Waals surface area (Å²) in [5.41, 5.74) is 8.42. The molecule has 0 aromatic heterocycles. The topological polar surface area (TPSA) is 168 Å². The van der Waals surface area contributed by atoms with Crippen LogP contribution in [0.2, 0.25) is 0 Å². The number of aliphatic hydroxyl groups excluding tert-OH is 3. The van der Waals surface area contributed by atoms with Crippen molar-refractivity contribution >= 4 is 11.8 Å². The number of fused-ring (bicyclic) bond motifs is 5. The Labute approximate surface area is 262 Å². The third kappa shape index (κ3) is 7.12. The molecule has 0 spiro atoms. The third-order valence-electron chi connectivity index (χ3n) is 12.2. The SMILES string of the molecule is C#CCC(NC(=O)C=CCC[C@@H](C)[C@H]1CC[C@H]2[C@@H]3C(O)C(O)[C@@H]4C[C@H](O)CC[C@]4(C)[C@H]3CC[C@]12C)NC(=O)CCCN=[N+]=[N-]. The van der Waals surface area contributed by atoms with E-state index in [4.69, 9.17) is 12.0 Å². The summed E-state index contributed by atoms with van der Waals surface area (Å²) in [6, 6.07) is 0. The zero-order chi connectivity index (χ0) is 32.1. The summed E-state index contributed by atoms with van der Waals surface area (Å²) < 4.78 is 0. The Kier molecular flexibility index (Phi) is 11.4. The average Bonchev–Trinajstić information content (AvgIpc) is 3.34. The summed E-state index contributed by atoms with van der Waals surface area (Å²) >= 11 is 0. The quantitative estimate of drug-likeness (QED) is 0.0413. The van der Waals surface area contributed by atoms with Crippen LogP contribution in [0.3, 0.4) is 0 Å². The molecule has 44 heavy (non-hydrogen) atoms.